The van der Waals surface area contributed by atoms with Crippen LogP contribution in [0.2, 0.25) is 0 Å². The Hall–Kier alpha value is -1.40. The maximum atomic E-state index is 12.5. The highest BCUT2D eigenvalue weighted by Gasteiger charge is 2.41. The number of nitrogens with zero attached hydrogens (tertiary/aromatic N) is 1. The Morgan fingerprint density at radius 2 is 1.79 bits per heavy atom. The summed E-state index contributed by atoms with van der Waals surface area (Å²) >= 11 is 0. The zero-order valence-electron chi connectivity index (χ0n) is 10.5. The molecule has 2 heterocycles. The van der Waals surface area contributed by atoms with Gasteiger partial charge in [0.1, 0.15) is 0 Å². The summed E-state index contributed by atoms with van der Waals surface area (Å²) in [5.74, 6) is 0.434. The minimum absolute atomic E-state index is 0.0280. The maximum Gasteiger partial charge on any atom is 0.243 e. The van der Waals surface area contributed by atoms with Crippen molar-refractivity contribution >= 4 is 15.9 Å². The molecule has 0 aromatic heterocycles. The summed E-state index contributed by atoms with van der Waals surface area (Å²) in [6, 6.07) is 8.47. The first kappa shape index (κ1) is 12.6. The van der Waals surface area contributed by atoms with E-state index in [1.165, 1.54) is 4.31 Å². The molecule has 1 N–H and O–H groups in total. The summed E-state index contributed by atoms with van der Waals surface area (Å²) in [5.41, 5.74) is 0. The minimum Gasteiger partial charge on any atom is -0.356 e. The summed E-state index contributed by atoms with van der Waals surface area (Å²) in [6.07, 6.45) is 0.436. The molecule has 2 saturated heterocycles. The molecular weight excluding hydrogens is 264 g/mol. The Labute approximate surface area is 112 Å². The van der Waals surface area contributed by atoms with Gasteiger partial charge >= 0.3 is 0 Å². The van der Waals surface area contributed by atoms with Crippen molar-refractivity contribution in [3.05, 3.63) is 30.3 Å². The Kier molecular flexibility index (Phi) is 3.06. The predicted octanol–water partition coefficient (Wildman–Crippen LogP) is 0.443. The Balaban J connectivity index is 1.83. The molecule has 0 radical (unpaired) electrons. The van der Waals surface area contributed by atoms with Crippen LogP contribution in [0.5, 0.6) is 0 Å². The van der Waals surface area contributed by atoms with Crippen molar-refractivity contribution in [2.45, 2.75) is 11.3 Å². The Bertz CT molecular complexity index is 585. The molecule has 3 rings (SSSR count). The number of benzene rings is 1. The summed E-state index contributed by atoms with van der Waals surface area (Å²) in [5, 5.41) is 2.80. The van der Waals surface area contributed by atoms with Crippen molar-refractivity contribution in [1.29, 1.82) is 0 Å². The molecule has 0 unspecified atom stereocenters. The van der Waals surface area contributed by atoms with Gasteiger partial charge in [-0.15, -0.1) is 0 Å². The smallest absolute Gasteiger partial charge is 0.243 e. The highest BCUT2D eigenvalue weighted by molar-refractivity contribution is 7.89. The lowest BCUT2D eigenvalue weighted by Crippen LogP contribution is -2.40. The topological polar surface area (TPSA) is 66.5 Å². The molecule has 1 aromatic rings. The van der Waals surface area contributed by atoms with Crippen LogP contribution in [0.25, 0.3) is 0 Å². The molecule has 0 aliphatic carbocycles. The summed E-state index contributed by atoms with van der Waals surface area (Å²) in [6.45, 7) is 1.54. The van der Waals surface area contributed by atoms with Crippen LogP contribution < -0.4 is 5.32 Å². The van der Waals surface area contributed by atoms with E-state index >= 15 is 0 Å². The molecule has 2 aliphatic rings. The average Bonchev–Trinajstić information content (AvgIpc) is 2.83. The fourth-order valence-electron chi connectivity index (χ4n) is 2.85. The number of rotatable bonds is 2. The van der Waals surface area contributed by atoms with Crippen molar-refractivity contribution in [1.82, 2.24) is 9.62 Å². The molecule has 6 heteroatoms. The lowest BCUT2D eigenvalue weighted by atomic mass is 9.89. The van der Waals surface area contributed by atoms with Crippen molar-refractivity contribution in [2.24, 2.45) is 11.8 Å². The number of sulfonamides is 1. The molecule has 5 nitrogen and oxygen atoms in total. The van der Waals surface area contributed by atoms with Crippen LogP contribution in [-0.2, 0) is 14.8 Å². The molecule has 0 spiro atoms. The van der Waals surface area contributed by atoms with Gasteiger partial charge in [-0.1, -0.05) is 18.2 Å². The van der Waals surface area contributed by atoms with Crippen LogP contribution in [0.4, 0.5) is 0 Å². The standard InChI is InChI=1S/C13H16N2O3S/c16-13-6-10-8-15(9-11(10)7-14-13)19(17,18)12-4-2-1-3-5-12/h1-5,10-11H,6-9H2,(H,14,16)/t10-,11+/m0/s1. The van der Waals surface area contributed by atoms with E-state index in [-0.39, 0.29) is 17.7 Å². The molecule has 0 saturated carbocycles. The Morgan fingerprint density at radius 1 is 1.11 bits per heavy atom. The normalized spacial score (nSPS) is 27.9. The highest BCUT2D eigenvalue weighted by Crippen LogP contribution is 2.32. The first-order valence-corrected chi connectivity index (χ1v) is 7.83. The summed E-state index contributed by atoms with van der Waals surface area (Å²) < 4.78 is 26.5. The zero-order valence-corrected chi connectivity index (χ0v) is 11.3. The first-order valence-electron chi connectivity index (χ1n) is 6.39. The molecule has 102 valence electrons. The van der Waals surface area contributed by atoms with E-state index in [1.807, 2.05) is 0 Å². The quantitative estimate of drug-likeness (QED) is 0.855. The van der Waals surface area contributed by atoms with Crippen LogP contribution in [0.3, 0.4) is 0 Å². The molecule has 2 aliphatic heterocycles. The molecule has 2 fully saturated rings. The minimum atomic E-state index is -3.42. The van der Waals surface area contributed by atoms with Gasteiger partial charge in [-0.3, -0.25) is 4.79 Å². The SMILES string of the molecule is O=C1C[C@H]2CN(S(=O)(=O)c3ccccc3)C[C@H]2CN1. The summed E-state index contributed by atoms with van der Waals surface area (Å²) in [4.78, 5) is 11.7. The second-order valence-electron chi connectivity index (χ2n) is 5.16. The average molecular weight is 280 g/mol. The first-order chi connectivity index (χ1) is 9.07. The predicted molar refractivity (Wildman–Crippen MR) is 69.8 cm³/mol. The van der Waals surface area contributed by atoms with E-state index in [9.17, 15) is 13.2 Å². The summed E-state index contributed by atoms with van der Waals surface area (Å²) in [7, 11) is -3.42. The van der Waals surface area contributed by atoms with Crippen molar-refractivity contribution in [3.8, 4) is 0 Å². The number of amides is 1. The van der Waals surface area contributed by atoms with Gasteiger partial charge in [0.25, 0.3) is 0 Å². The van der Waals surface area contributed by atoms with Gasteiger partial charge in [0.2, 0.25) is 15.9 Å². The fourth-order valence-corrected chi connectivity index (χ4v) is 4.43. The maximum absolute atomic E-state index is 12.5. The van der Waals surface area contributed by atoms with E-state index in [1.54, 1.807) is 30.3 Å². The number of carbonyl (C=O) groups is 1. The van der Waals surface area contributed by atoms with Crippen LogP contribution in [-0.4, -0.2) is 38.3 Å². The van der Waals surface area contributed by atoms with Gasteiger partial charge in [-0.05, 0) is 24.0 Å². The Morgan fingerprint density at radius 3 is 2.53 bits per heavy atom. The second-order valence-corrected chi connectivity index (χ2v) is 7.10. The number of piperidine rings is 1. The van der Waals surface area contributed by atoms with Crippen molar-refractivity contribution < 1.29 is 13.2 Å². The highest BCUT2D eigenvalue weighted by atomic mass is 32.2. The monoisotopic (exact) mass is 280 g/mol. The van der Waals surface area contributed by atoms with Gasteiger partial charge in [0, 0.05) is 26.1 Å². The van der Waals surface area contributed by atoms with E-state index in [4.69, 9.17) is 0 Å². The lowest BCUT2D eigenvalue weighted by molar-refractivity contribution is -0.124. The van der Waals surface area contributed by atoms with E-state index in [0.717, 1.165) is 0 Å². The van der Waals surface area contributed by atoms with Gasteiger partial charge in [-0.25, -0.2) is 8.42 Å². The molecular formula is C13H16N2O3S. The van der Waals surface area contributed by atoms with Crippen LogP contribution >= 0.6 is 0 Å². The molecule has 1 aromatic carbocycles. The molecule has 19 heavy (non-hydrogen) atoms. The van der Waals surface area contributed by atoms with E-state index in [0.29, 0.717) is 31.0 Å². The lowest BCUT2D eigenvalue weighted by Gasteiger charge is -2.23. The number of hydrogen-bond acceptors (Lipinski definition) is 3. The number of hydrogen-bond donors (Lipinski definition) is 1. The van der Waals surface area contributed by atoms with Crippen LogP contribution in [0, 0.1) is 11.8 Å². The molecule has 0 bridgehead atoms. The number of nitrogens with one attached hydrogen (secondary N) is 1. The van der Waals surface area contributed by atoms with Gasteiger partial charge in [0.05, 0.1) is 4.90 Å². The van der Waals surface area contributed by atoms with Gasteiger partial charge in [0.15, 0.2) is 0 Å². The number of carbonyl (C=O) groups excluding carboxylic acids is 1. The largest absolute Gasteiger partial charge is 0.356 e. The molecule has 2 atom stereocenters. The fraction of sp³-hybridized carbons (Fsp3) is 0.462. The van der Waals surface area contributed by atoms with Gasteiger partial charge in [-0.2, -0.15) is 4.31 Å². The zero-order chi connectivity index (χ0) is 13.5. The number of fused-ring (bicyclic) bond motifs is 1. The van der Waals surface area contributed by atoms with E-state index in [2.05, 4.69) is 5.32 Å². The van der Waals surface area contributed by atoms with Crippen molar-refractivity contribution in [3.63, 3.8) is 0 Å². The van der Waals surface area contributed by atoms with Crippen molar-refractivity contribution in [2.75, 3.05) is 19.6 Å². The third kappa shape index (κ3) is 2.26. The van der Waals surface area contributed by atoms with Gasteiger partial charge < -0.3 is 5.32 Å². The molecule has 1 amide bonds. The third-order valence-electron chi connectivity index (χ3n) is 3.93. The van der Waals surface area contributed by atoms with Crippen LogP contribution in [0.15, 0.2) is 35.2 Å². The van der Waals surface area contributed by atoms with Crippen LogP contribution in [0.1, 0.15) is 6.42 Å². The van der Waals surface area contributed by atoms with E-state index < -0.39 is 10.0 Å². The second kappa shape index (κ2) is 4.61. The third-order valence-corrected chi connectivity index (χ3v) is 5.78.